The monoisotopic (exact) mass is 356 g/mol. The maximum atomic E-state index is 13.0. The molecule has 25 heavy (non-hydrogen) atoms. The van der Waals surface area contributed by atoms with Crippen molar-refractivity contribution in [1.82, 2.24) is 0 Å². The van der Waals surface area contributed by atoms with Crippen molar-refractivity contribution in [2.45, 2.75) is 64.7 Å². The zero-order valence-electron chi connectivity index (χ0n) is 14.7. The van der Waals surface area contributed by atoms with Crippen LogP contribution in [0.25, 0.3) is 0 Å². The molecule has 1 aromatic carbocycles. The molecule has 0 saturated carbocycles. The molecule has 0 radical (unpaired) electrons. The number of unbranched alkanes of at least 4 members (excludes halogenated alkanes) is 8. The Labute approximate surface area is 147 Å². The Morgan fingerprint density at radius 3 is 1.88 bits per heavy atom. The van der Waals surface area contributed by atoms with Crippen molar-refractivity contribution in [3.8, 4) is 5.75 Å². The number of ether oxygens (including phenoxy) is 2. The van der Waals surface area contributed by atoms with Crippen LogP contribution in [0.3, 0.4) is 0 Å². The lowest BCUT2D eigenvalue weighted by Gasteiger charge is -2.06. The molecular weight excluding hydrogens is 330 g/mol. The zero-order chi connectivity index (χ0) is 18.5. The largest absolute Gasteiger partial charge is 0.457 e. The average Bonchev–Trinajstić information content (AvgIpc) is 2.55. The Morgan fingerprint density at radius 1 is 0.800 bits per heavy atom. The van der Waals surface area contributed by atoms with Crippen molar-refractivity contribution < 1.29 is 27.8 Å². The predicted octanol–water partition coefficient (Wildman–Crippen LogP) is 4.94. The second-order valence-electron chi connectivity index (χ2n) is 5.96. The molecule has 0 heterocycles. The van der Waals surface area contributed by atoms with Crippen LogP contribution in [0.15, 0.2) is 18.2 Å². The number of carbonyl (C=O) groups is 2. The van der Waals surface area contributed by atoms with Crippen LogP contribution in [0.5, 0.6) is 5.75 Å². The van der Waals surface area contributed by atoms with E-state index in [1.54, 1.807) is 0 Å². The molecule has 0 aliphatic rings. The summed E-state index contributed by atoms with van der Waals surface area (Å²) in [5.74, 6) is -4.62. The van der Waals surface area contributed by atoms with Gasteiger partial charge in [-0.05, 0) is 6.42 Å². The van der Waals surface area contributed by atoms with E-state index in [1.807, 2.05) is 0 Å². The summed E-state index contributed by atoms with van der Waals surface area (Å²) in [6.45, 7) is 2.31. The molecule has 0 fully saturated rings. The highest BCUT2D eigenvalue weighted by Gasteiger charge is 2.18. The maximum absolute atomic E-state index is 13.0. The first kappa shape index (κ1) is 21.1. The molecule has 0 atom stereocenters. The second-order valence-corrected chi connectivity index (χ2v) is 5.96. The van der Waals surface area contributed by atoms with E-state index >= 15 is 0 Å². The normalized spacial score (nSPS) is 10.5. The highest BCUT2D eigenvalue weighted by Crippen LogP contribution is 2.15. The van der Waals surface area contributed by atoms with Gasteiger partial charge in [0.2, 0.25) is 0 Å². The van der Waals surface area contributed by atoms with Crippen LogP contribution in [-0.2, 0) is 14.3 Å². The van der Waals surface area contributed by atoms with E-state index in [-0.39, 0.29) is 12.4 Å². The zero-order valence-corrected chi connectivity index (χ0v) is 14.7. The standard InChI is InChI=1S/C19H26F2O4/c1-2-3-4-5-6-7-8-9-10-11-24-18(22)19(23)25-17-13-15(20)12-16(21)14-17/h12-14H,2-11H2,1H3. The first-order valence-electron chi connectivity index (χ1n) is 8.88. The molecule has 0 amide bonds. The molecule has 1 rings (SSSR count). The molecule has 0 saturated heterocycles. The summed E-state index contributed by atoms with van der Waals surface area (Å²) in [5.41, 5.74) is 0. The van der Waals surface area contributed by atoms with Gasteiger partial charge >= 0.3 is 11.9 Å². The van der Waals surface area contributed by atoms with Gasteiger partial charge in [-0.3, -0.25) is 0 Å². The van der Waals surface area contributed by atoms with Crippen molar-refractivity contribution in [2.24, 2.45) is 0 Å². The van der Waals surface area contributed by atoms with Crippen LogP contribution in [0, 0.1) is 11.6 Å². The van der Waals surface area contributed by atoms with E-state index < -0.39 is 23.6 Å². The minimum absolute atomic E-state index is 0.126. The molecule has 4 nitrogen and oxygen atoms in total. The van der Waals surface area contributed by atoms with Gasteiger partial charge in [-0.2, -0.15) is 0 Å². The van der Waals surface area contributed by atoms with Gasteiger partial charge in [0, 0.05) is 18.2 Å². The van der Waals surface area contributed by atoms with E-state index in [4.69, 9.17) is 4.74 Å². The lowest BCUT2D eigenvalue weighted by atomic mass is 10.1. The molecular formula is C19H26F2O4. The minimum Gasteiger partial charge on any atom is -0.457 e. The first-order chi connectivity index (χ1) is 12.0. The van der Waals surface area contributed by atoms with Crippen molar-refractivity contribution >= 4 is 11.9 Å². The Kier molecular flexibility index (Phi) is 10.4. The number of esters is 2. The lowest BCUT2D eigenvalue weighted by Crippen LogP contribution is -2.23. The summed E-state index contributed by atoms with van der Waals surface area (Å²) in [6, 6.07) is 2.27. The predicted molar refractivity (Wildman–Crippen MR) is 90.2 cm³/mol. The van der Waals surface area contributed by atoms with Crippen molar-refractivity contribution in [3.63, 3.8) is 0 Å². The quantitative estimate of drug-likeness (QED) is 0.244. The van der Waals surface area contributed by atoms with E-state index in [1.165, 1.54) is 32.1 Å². The van der Waals surface area contributed by atoms with Crippen molar-refractivity contribution in [3.05, 3.63) is 29.8 Å². The topological polar surface area (TPSA) is 52.6 Å². The molecule has 0 bridgehead atoms. The van der Waals surface area contributed by atoms with Gasteiger partial charge in [0.25, 0.3) is 0 Å². The molecule has 0 aliphatic heterocycles. The van der Waals surface area contributed by atoms with Crippen LogP contribution in [0.2, 0.25) is 0 Å². The third kappa shape index (κ3) is 9.79. The smallest absolute Gasteiger partial charge is 0.422 e. The van der Waals surface area contributed by atoms with E-state index in [9.17, 15) is 18.4 Å². The van der Waals surface area contributed by atoms with E-state index in [0.717, 1.165) is 31.4 Å². The fourth-order valence-corrected chi connectivity index (χ4v) is 2.37. The van der Waals surface area contributed by atoms with Gasteiger partial charge in [0.1, 0.15) is 17.4 Å². The van der Waals surface area contributed by atoms with E-state index in [2.05, 4.69) is 11.7 Å². The van der Waals surface area contributed by atoms with Gasteiger partial charge in [0.05, 0.1) is 6.61 Å². The SMILES string of the molecule is CCCCCCCCCCCOC(=O)C(=O)Oc1cc(F)cc(F)c1. The Hall–Kier alpha value is -1.98. The molecule has 6 heteroatoms. The average molecular weight is 356 g/mol. The number of carbonyl (C=O) groups excluding carboxylic acids is 2. The summed E-state index contributed by atoms with van der Waals surface area (Å²) in [5, 5.41) is 0. The summed E-state index contributed by atoms with van der Waals surface area (Å²) >= 11 is 0. The lowest BCUT2D eigenvalue weighted by molar-refractivity contribution is -0.162. The molecule has 0 unspecified atom stereocenters. The summed E-state index contributed by atoms with van der Waals surface area (Å²) in [7, 11) is 0. The Morgan fingerprint density at radius 2 is 1.32 bits per heavy atom. The highest BCUT2D eigenvalue weighted by atomic mass is 19.1. The highest BCUT2D eigenvalue weighted by molar-refractivity contribution is 6.30. The number of benzene rings is 1. The van der Waals surface area contributed by atoms with Gasteiger partial charge in [-0.1, -0.05) is 58.3 Å². The fourth-order valence-electron chi connectivity index (χ4n) is 2.37. The molecule has 0 N–H and O–H groups in total. The molecule has 140 valence electrons. The fraction of sp³-hybridized carbons (Fsp3) is 0.579. The number of halogens is 2. The van der Waals surface area contributed by atoms with Gasteiger partial charge in [0.15, 0.2) is 0 Å². The number of hydrogen-bond acceptors (Lipinski definition) is 4. The molecule has 1 aromatic rings. The summed E-state index contributed by atoms with van der Waals surface area (Å²) in [4.78, 5) is 23.0. The van der Waals surface area contributed by atoms with Crippen LogP contribution in [-0.4, -0.2) is 18.5 Å². The van der Waals surface area contributed by atoms with Crippen LogP contribution in [0.4, 0.5) is 8.78 Å². The van der Waals surface area contributed by atoms with Crippen molar-refractivity contribution in [2.75, 3.05) is 6.61 Å². The second kappa shape index (κ2) is 12.4. The molecule has 0 aliphatic carbocycles. The van der Waals surface area contributed by atoms with Gasteiger partial charge in [-0.15, -0.1) is 0 Å². The third-order valence-corrected chi connectivity index (χ3v) is 3.69. The summed E-state index contributed by atoms with van der Waals surface area (Å²) < 4.78 is 35.3. The Bertz CT molecular complexity index is 526. The number of hydrogen-bond donors (Lipinski definition) is 0. The summed E-state index contributed by atoms with van der Waals surface area (Å²) in [6.07, 6.45) is 10.1. The first-order valence-corrected chi connectivity index (χ1v) is 8.88. The third-order valence-electron chi connectivity index (χ3n) is 3.69. The van der Waals surface area contributed by atoms with Crippen LogP contribution < -0.4 is 4.74 Å². The maximum Gasteiger partial charge on any atom is 0.422 e. The van der Waals surface area contributed by atoms with Crippen molar-refractivity contribution in [1.29, 1.82) is 0 Å². The van der Waals surface area contributed by atoms with Crippen LogP contribution in [0.1, 0.15) is 64.7 Å². The molecule has 0 aromatic heterocycles. The number of rotatable bonds is 11. The van der Waals surface area contributed by atoms with Gasteiger partial charge in [-0.25, -0.2) is 18.4 Å². The molecule has 0 spiro atoms. The Balaban J connectivity index is 2.10. The van der Waals surface area contributed by atoms with E-state index in [0.29, 0.717) is 12.5 Å². The minimum atomic E-state index is -1.29. The van der Waals surface area contributed by atoms with Gasteiger partial charge < -0.3 is 9.47 Å². The van der Waals surface area contributed by atoms with Crippen LogP contribution >= 0.6 is 0 Å².